The zero-order valence-corrected chi connectivity index (χ0v) is 20.0. The summed E-state index contributed by atoms with van der Waals surface area (Å²) >= 11 is 6.23. The monoisotopic (exact) mass is 509 g/mol. The molecule has 1 fully saturated rings. The van der Waals surface area contributed by atoms with Crippen LogP contribution in [-0.2, 0) is 14.8 Å². The highest BCUT2D eigenvalue weighted by Gasteiger charge is 2.28. The molecular formula is C25H20ClN3O5S. The number of aromatic nitrogens is 2. The van der Waals surface area contributed by atoms with Crippen LogP contribution in [0, 0.1) is 0 Å². The third-order valence-electron chi connectivity index (χ3n) is 5.55. The maximum atomic E-state index is 13.0. The minimum atomic E-state index is -3.80. The first-order valence-corrected chi connectivity index (χ1v) is 12.7. The summed E-state index contributed by atoms with van der Waals surface area (Å²) in [6.45, 7) is 1.13. The summed E-state index contributed by atoms with van der Waals surface area (Å²) in [5, 5.41) is 0.0903. The number of hydrogen-bond acceptors (Lipinski definition) is 7. The maximum absolute atomic E-state index is 13.0. The van der Waals surface area contributed by atoms with Crippen LogP contribution in [0.4, 0.5) is 0 Å². The van der Waals surface area contributed by atoms with Gasteiger partial charge in [0.15, 0.2) is 0 Å². The lowest BCUT2D eigenvalue weighted by Crippen LogP contribution is -2.40. The number of benzene rings is 3. The first-order valence-electron chi connectivity index (χ1n) is 10.8. The number of halogens is 1. The fourth-order valence-electron chi connectivity index (χ4n) is 3.73. The molecule has 1 aromatic heterocycles. The summed E-state index contributed by atoms with van der Waals surface area (Å²) in [5.74, 6) is -0.504. The Labute approximate surface area is 207 Å². The molecule has 1 aliphatic heterocycles. The van der Waals surface area contributed by atoms with Gasteiger partial charge < -0.3 is 9.47 Å². The Bertz CT molecular complexity index is 1520. The molecule has 0 bridgehead atoms. The van der Waals surface area contributed by atoms with Crippen molar-refractivity contribution in [2.45, 2.75) is 4.90 Å². The average Bonchev–Trinajstić information content (AvgIpc) is 2.89. The molecule has 2 heterocycles. The molecule has 0 N–H and O–H groups in total. The van der Waals surface area contributed by atoms with Crippen LogP contribution in [0.25, 0.3) is 22.3 Å². The zero-order valence-electron chi connectivity index (χ0n) is 18.4. The van der Waals surface area contributed by atoms with Crippen LogP contribution in [0.15, 0.2) is 77.8 Å². The molecule has 0 radical (unpaired) electrons. The Morgan fingerprint density at radius 3 is 2.54 bits per heavy atom. The Morgan fingerprint density at radius 2 is 1.74 bits per heavy atom. The van der Waals surface area contributed by atoms with Gasteiger partial charge in [0.1, 0.15) is 5.75 Å². The van der Waals surface area contributed by atoms with E-state index in [0.29, 0.717) is 24.5 Å². The number of hydrogen-bond donors (Lipinski definition) is 0. The molecule has 0 spiro atoms. The lowest BCUT2D eigenvalue weighted by Gasteiger charge is -2.26. The van der Waals surface area contributed by atoms with Crippen LogP contribution in [-0.4, -0.2) is 55.0 Å². The van der Waals surface area contributed by atoms with E-state index in [1.165, 1.54) is 22.5 Å². The van der Waals surface area contributed by atoms with Crippen molar-refractivity contribution in [3.8, 4) is 17.0 Å². The molecule has 10 heteroatoms. The van der Waals surface area contributed by atoms with Crippen molar-refractivity contribution in [1.82, 2.24) is 14.3 Å². The molecule has 178 valence electrons. The first-order chi connectivity index (χ1) is 16.9. The van der Waals surface area contributed by atoms with Gasteiger partial charge in [-0.25, -0.2) is 18.2 Å². The van der Waals surface area contributed by atoms with E-state index in [2.05, 4.69) is 9.97 Å². The first kappa shape index (κ1) is 23.4. The molecule has 0 amide bonds. The minimum Gasteiger partial charge on any atom is -0.423 e. The van der Waals surface area contributed by atoms with E-state index in [-0.39, 0.29) is 34.3 Å². The van der Waals surface area contributed by atoms with Gasteiger partial charge in [-0.05, 0) is 42.5 Å². The maximum Gasteiger partial charge on any atom is 0.345 e. The number of rotatable bonds is 5. The van der Waals surface area contributed by atoms with Gasteiger partial charge >= 0.3 is 5.97 Å². The molecule has 35 heavy (non-hydrogen) atoms. The Morgan fingerprint density at radius 1 is 0.971 bits per heavy atom. The van der Waals surface area contributed by atoms with Crippen molar-refractivity contribution in [3.63, 3.8) is 0 Å². The van der Waals surface area contributed by atoms with E-state index in [1.807, 2.05) is 30.3 Å². The lowest BCUT2D eigenvalue weighted by molar-refractivity contribution is 0.0727. The number of esters is 1. The number of fused-ring (bicyclic) bond motifs is 1. The third kappa shape index (κ3) is 4.89. The van der Waals surface area contributed by atoms with E-state index in [4.69, 9.17) is 21.1 Å². The smallest absolute Gasteiger partial charge is 0.345 e. The van der Waals surface area contributed by atoms with Gasteiger partial charge in [-0.3, -0.25) is 4.98 Å². The van der Waals surface area contributed by atoms with Crippen molar-refractivity contribution < 1.29 is 22.7 Å². The summed E-state index contributed by atoms with van der Waals surface area (Å²) in [7, 11) is -3.80. The molecule has 1 saturated heterocycles. The van der Waals surface area contributed by atoms with Gasteiger partial charge in [-0.2, -0.15) is 4.31 Å². The summed E-state index contributed by atoms with van der Waals surface area (Å²) in [6.07, 6.45) is 1.65. The molecule has 0 saturated carbocycles. The summed E-state index contributed by atoms with van der Waals surface area (Å²) < 4.78 is 38.1. The standard InChI is InChI=1S/C25H20ClN3O5S/c26-21-9-8-19(35(31,32)29-10-12-33-13-11-29)15-20(21)25(30)34-18-5-3-4-17(14-18)24-16-27-22-6-1-2-7-23(22)28-24/h1-9,14-16H,10-13H2. The van der Waals surface area contributed by atoms with Crippen LogP contribution in [0.5, 0.6) is 5.75 Å². The van der Waals surface area contributed by atoms with Crippen LogP contribution in [0.3, 0.4) is 0 Å². The number of para-hydroxylation sites is 2. The largest absolute Gasteiger partial charge is 0.423 e. The SMILES string of the molecule is O=C(Oc1cccc(-c2cnc3ccccc3n2)c1)c1cc(S(=O)(=O)N2CCOCC2)ccc1Cl. The number of carbonyl (C=O) groups is 1. The number of carbonyl (C=O) groups excluding carboxylic acids is 1. The Kier molecular flexibility index (Phi) is 6.48. The Balaban J connectivity index is 1.40. The number of ether oxygens (including phenoxy) is 2. The fourth-order valence-corrected chi connectivity index (χ4v) is 5.36. The van der Waals surface area contributed by atoms with Crippen molar-refractivity contribution in [3.05, 3.63) is 83.5 Å². The topological polar surface area (TPSA) is 98.7 Å². The van der Waals surface area contributed by atoms with Gasteiger partial charge in [0, 0.05) is 18.7 Å². The minimum absolute atomic E-state index is 0.0315. The highest BCUT2D eigenvalue weighted by atomic mass is 35.5. The molecule has 5 rings (SSSR count). The molecule has 4 aromatic rings. The highest BCUT2D eigenvalue weighted by molar-refractivity contribution is 7.89. The Hall–Kier alpha value is -3.37. The van der Waals surface area contributed by atoms with Crippen LogP contribution in [0.2, 0.25) is 5.02 Å². The summed E-state index contributed by atoms with van der Waals surface area (Å²) in [4.78, 5) is 22.0. The zero-order chi connectivity index (χ0) is 24.4. The molecule has 8 nitrogen and oxygen atoms in total. The summed E-state index contributed by atoms with van der Waals surface area (Å²) in [6, 6.07) is 18.4. The van der Waals surface area contributed by atoms with E-state index >= 15 is 0 Å². The van der Waals surface area contributed by atoms with Crippen LogP contribution >= 0.6 is 11.6 Å². The van der Waals surface area contributed by atoms with Gasteiger partial charge in [0.2, 0.25) is 10.0 Å². The van der Waals surface area contributed by atoms with E-state index < -0.39 is 16.0 Å². The van der Waals surface area contributed by atoms with Crippen molar-refractivity contribution in [2.75, 3.05) is 26.3 Å². The van der Waals surface area contributed by atoms with Crippen molar-refractivity contribution >= 4 is 38.6 Å². The van der Waals surface area contributed by atoms with Gasteiger partial charge in [0.25, 0.3) is 0 Å². The van der Waals surface area contributed by atoms with E-state index in [0.717, 1.165) is 11.0 Å². The fraction of sp³-hybridized carbons (Fsp3) is 0.160. The molecular weight excluding hydrogens is 490 g/mol. The lowest BCUT2D eigenvalue weighted by atomic mass is 10.1. The molecule has 3 aromatic carbocycles. The van der Waals surface area contributed by atoms with Gasteiger partial charge in [-0.15, -0.1) is 0 Å². The van der Waals surface area contributed by atoms with Crippen LogP contribution in [0.1, 0.15) is 10.4 Å². The third-order valence-corrected chi connectivity index (χ3v) is 7.78. The second-order valence-electron chi connectivity index (χ2n) is 7.82. The summed E-state index contributed by atoms with van der Waals surface area (Å²) in [5.41, 5.74) is 2.82. The number of morpholine rings is 1. The predicted octanol–water partition coefficient (Wildman–Crippen LogP) is 4.19. The average molecular weight is 510 g/mol. The quantitative estimate of drug-likeness (QED) is 0.294. The molecule has 1 aliphatic rings. The van der Waals surface area contributed by atoms with Crippen LogP contribution < -0.4 is 4.74 Å². The predicted molar refractivity (Wildman–Crippen MR) is 131 cm³/mol. The molecule has 0 aliphatic carbocycles. The second-order valence-corrected chi connectivity index (χ2v) is 10.2. The normalized spacial score (nSPS) is 14.7. The van der Waals surface area contributed by atoms with Crippen molar-refractivity contribution in [2.24, 2.45) is 0 Å². The second kappa shape index (κ2) is 9.71. The number of sulfonamides is 1. The van der Waals surface area contributed by atoms with Gasteiger partial charge in [0.05, 0.1) is 51.6 Å². The highest BCUT2D eigenvalue weighted by Crippen LogP contribution is 2.27. The molecule has 0 atom stereocenters. The van der Waals surface area contributed by atoms with E-state index in [1.54, 1.807) is 24.4 Å². The van der Waals surface area contributed by atoms with Crippen molar-refractivity contribution in [1.29, 1.82) is 0 Å². The molecule has 0 unspecified atom stereocenters. The number of nitrogens with zero attached hydrogens (tertiary/aromatic N) is 3. The van der Waals surface area contributed by atoms with E-state index in [9.17, 15) is 13.2 Å². The van der Waals surface area contributed by atoms with Gasteiger partial charge in [-0.1, -0.05) is 35.9 Å².